The number of thiophene rings is 1. The number of fused-ring (bicyclic) bond motifs is 3. The fourth-order valence-corrected chi connectivity index (χ4v) is 6.19. The fraction of sp³-hybridized carbons (Fsp3) is 0.389. The molecule has 0 aliphatic carbocycles. The minimum absolute atomic E-state index is 0.0983. The van der Waals surface area contributed by atoms with Crippen LogP contribution in [-0.2, 0) is 15.6 Å². The molecular formula is C18H21ClN2O3S2. The van der Waals surface area contributed by atoms with Crippen molar-refractivity contribution >= 4 is 38.7 Å². The Bertz CT molecular complexity index is 934. The number of hydrogen-bond donors (Lipinski definition) is 1. The highest BCUT2D eigenvalue weighted by atomic mass is 35.5. The lowest BCUT2D eigenvalue weighted by Crippen LogP contribution is -2.34. The maximum atomic E-state index is 12.5. The van der Waals surface area contributed by atoms with E-state index in [4.69, 9.17) is 11.6 Å². The van der Waals surface area contributed by atoms with Gasteiger partial charge in [0.15, 0.2) is 9.84 Å². The van der Waals surface area contributed by atoms with E-state index in [9.17, 15) is 13.2 Å². The monoisotopic (exact) mass is 412 g/mol. The van der Waals surface area contributed by atoms with Gasteiger partial charge in [-0.2, -0.15) is 0 Å². The molecule has 1 aromatic carbocycles. The van der Waals surface area contributed by atoms with Crippen molar-refractivity contribution in [1.29, 1.82) is 0 Å². The number of benzene rings is 1. The SMILES string of the molecule is CCN(CC)CCNC(=O)c1cc2c(s1)-c1ccc(Cl)cc1S(=O)(=O)C2. The number of carbonyl (C=O) groups is 1. The average molecular weight is 413 g/mol. The minimum Gasteiger partial charge on any atom is -0.350 e. The first-order chi connectivity index (χ1) is 12.4. The van der Waals surface area contributed by atoms with Crippen molar-refractivity contribution in [2.45, 2.75) is 24.5 Å². The molecule has 1 aromatic heterocycles. The number of likely N-dealkylation sites (N-methyl/N-ethyl adjacent to an activating group) is 1. The van der Waals surface area contributed by atoms with E-state index >= 15 is 0 Å². The predicted octanol–water partition coefficient (Wildman–Crippen LogP) is 3.43. The van der Waals surface area contributed by atoms with Gasteiger partial charge in [-0.05, 0) is 36.9 Å². The summed E-state index contributed by atoms with van der Waals surface area (Å²) in [6, 6.07) is 6.57. The maximum absolute atomic E-state index is 12.5. The number of nitrogens with one attached hydrogen (secondary N) is 1. The van der Waals surface area contributed by atoms with Gasteiger partial charge in [-0.1, -0.05) is 31.5 Å². The van der Waals surface area contributed by atoms with E-state index < -0.39 is 9.84 Å². The Balaban J connectivity index is 1.83. The molecule has 1 aliphatic heterocycles. The van der Waals surface area contributed by atoms with Gasteiger partial charge in [0.2, 0.25) is 0 Å². The zero-order chi connectivity index (χ0) is 18.9. The highest BCUT2D eigenvalue weighted by molar-refractivity contribution is 7.91. The van der Waals surface area contributed by atoms with Crippen LogP contribution in [0.15, 0.2) is 29.2 Å². The highest BCUT2D eigenvalue weighted by Crippen LogP contribution is 2.43. The van der Waals surface area contributed by atoms with Crippen molar-refractivity contribution in [3.05, 3.63) is 39.7 Å². The molecule has 0 bridgehead atoms. The molecule has 2 heterocycles. The number of carbonyl (C=O) groups excluding carboxylic acids is 1. The number of rotatable bonds is 6. The Labute approximate surface area is 162 Å². The largest absolute Gasteiger partial charge is 0.350 e. The Morgan fingerprint density at radius 1 is 1.27 bits per heavy atom. The molecular weight excluding hydrogens is 392 g/mol. The van der Waals surface area contributed by atoms with E-state index in [-0.39, 0.29) is 16.6 Å². The summed E-state index contributed by atoms with van der Waals surface area (Å²) >= 11 is 7.29. The Morgan fingerprint density at radius 3 is 2.69 bits per heavy atom. The lowest BCUT2D eigenvalue weighted by atomic mass is 10.1. The first kappa shape index (κ1) is 19.4. The van der Waals surface area contributed by atoms with E-state index in [0.717, 1.165) is 24.5 Å². The second-order valence-corrected chi connectivity index (χ2v) is 9.59. The maximum Gasteiger partial charge on any atom is 0.261 e. The van der Waals surface area contributed by atoms with Gasteiger partial charge in [0, 0.05) is 28.6 Å². The summed E-state index contributed by atoms with van der Waals surface area (Å²) in [5.41, 5.74) is 1.31. The molecule has 0 saturated heterocycles. The van der Waals surface area contributed by atoms with Gasteiger partial charge < -0.3 is 10.2 Å². The zero-order valence-electron chi connectivity index (χ0n) is 14.7. The van der Waals surface area contributed by atoms with E-state index in [1.165, 1.54) is 17.4 Å². The number of sulfone groups is 1. The minimum atomic E-state index is -3.44. The van der Waals surface area contributed by atoms with E-state index in [1.54, 1.807) is 18.2 Å². The summed E-state index contributed by atoms with van der Waals surface area (Å²) in [7, 11) is -3.44. The third-order valence-electron chi connectivity index (χ3n) is 4.51. The molecule has 8 heteroatoms. The van der Waals surface area contributed by atoms with E-state index in [0.29, 0.717) is 27.6 Å². The Morgan fingerprint density at radius 2 is 2.00 bits per heavy atom. The second kappa shape index (κ2) is 7.68. The molecule has 3 rings (SSSR count). The third kappa shape index (κ3) is 3.81. The van der Waals surface area contributed by atoms with Gasteiger partial charge >= 0.3 is 0 Å². The van der Waals surface area contributed by atoms with Gasteiger partial charge in [-0.15, -0.1) is 11.3 Å². The van der Waals surface area contributed by atoms with Crippen molar-refractivity contribution in [3.8, 4) is 10.4 Å². The quantitative estimate of drug-likeness (QED) is 0.789. The van der Waals surface area contributed by atoms with Crippen LogP contribution in [0.1, 0.15) is 29.1 Å². The molecule has 1 aliphatic rings. The van der Waals surface area contributed by atoms with Crippen LogP contribution in [0, 0.1) is 0 Å². The summed E-state index contributed by atoms with van der Waals surface area (Å²) in [5.74, 6) is -0.261. The molecule has 1 amide bonds. The third-order valence-corrected chi connectivity index (χ3v) is 7.65. The van der Waals surface area contributed by atoms with Crippen LogP contribution >= 0.6 is 22.9 Å². The molecule has 0 radical (unpaired) electrons. The number of halogens is 1. The topological polar surface area (TPSA) is 66.5 Å². The summed E-state index contributed by atoms with van der Waals surface area (Å²) in [6.45, 7) is 7.41. The standard InChI is InChI=1S/C18H21ClN2O3S2/c1-3-21(4-2)8-7-20-18(22)15-9-12-11-26(23,24)16-10-13(19)5-6-14(16)17(12)25-15/h5-6,9-10H,3-4,7-8,11H2,1-2H3,(H,20,22). The first-order valence-electron chi connectivity index (χ1n) is 8.51. The van der Waals surface area contributed by atoms with Crippen molar-refractivity contribution < 1.29 is 13.2 Å². The van der Waals surface area contributed by atoms with Gasteiger partial charge in [0.25, 0.3) is 5.91 Å². The number of hydrogen-bond acceptors (Lipinski definition) is 5. The molecule has 0 fully saturated rings. The molecule has 0 saturated carbocycles. The molecule has 0 unspecified atom stereocenters. The lowest BCUT2D eigenvalue weighted by molar-refractivity contribution is 0.0953. The average Bonchev–Trinajstić information content (AvgIpc) is 3.02. The normalized spacial score (nSPS) is 14.8. The summed E-state index contributed by atoms with van der Waals surface area (Å²) < 4.78 is 25.0. The predicted molar refractivity (Wildman–Crippen MR) is 106 cm³/mol. The molecule has 26 heavy (non-hydrogen) atoms. The van der Waals surface area contributed by atoms with Crippen LogP contribution in [0.4, 0.5) is 0 Å². The highest BCUT2D eigenvalue weighted by Gasteiger charge is 2.31. The van der Waals surface area contributed by atoms with Crippen LogP contribution in [0.3, 0.4) is 0 Å². The lowest BCUT2D eigenvalue weighted by Gasteiger charge is -2.17. The van der Waals surface area contributed by atoms with Crippen molar-refractivity contribution in [1.82, 2.24) is 10.2 Å². The Kier molecular flexibility index (Phi) is 5.72. The number of nitrogens with zero attached hydrogens (tertiary/aromatic N) is 1. The molecule has 5 nitrogen and oxygen atoms in total. The van der Waals surface area contributed by atoms with Gasteiger partial charge in [0.05, 0.1) is 15.5 Å². The first-order valence-corrected chi connectivity index (χ1v) is 11.4. The van der Waals surface area contributed by atoms with Crippen LogP contribution < -0.4 is 5.32 Å². The van der Waals surface area contributed by atoms with Crippen molar-refractivity contribution in [2.75, 3.05) is 26.2 Å². The van der Waals surface area contributed by atoms with Crippen molar-refractivity contribution in [2.24, 2.45) is 0 Å². The molecule has 2 aromatic rings. The van der Waals surface area contributed by atoms with Gasteiger partial charge in [-0.3, -0.25) is 4.79 Å². The summed E-state index contributed by atoms with van der Waals surface area (Å²) in [4.78, 5) is 16.3. The van der Waals surface area contributed by atoms with Gasteiger partial charge in [-0.25, -0.2) is 8.42 Å². The van der Waals surface area contributed by atoms with E-state index in [1.807, 2.05) is 0 Å². The summed E-state index contributed by atoms with van der Waals surface area (Å²) in [5, 5.41) is 3.31. The number of amides is 1. The van der Waals surface area contributed by atoms with Crippen LogP contribution in [0.25, 0.3) is 10.4 Å². The van der Waals surface area contributed by atoms with Crippen LogP contribution in [0.5, 0.6) is 0 Å². The molecule has 0 spiro atoms. The van der Waals surface area contributed by atoms with Crippen LogP contribution in [0.2, 0.25) is 5.02 Å². The smallest absolute Gasteiger partial charge is 0.261 e. The molecule has 0 atom stereocenters. The molecule has 140 valence electrons. The van der Waals surface area contributed by atoms with Crippen molar-refractivity contribution in [3.63, 3.8) is 0 Å². The van der Waals surface area contributed by atoms with E-state index in [2.05, 4.69) is 24.1 Å². The van der Waals surface area contributed by atoms with Gasteiger partial charge in [0.1, 0.15) is 0 Å². The second-order valence-electron chi connectivity index (χ2n) is 6.15. The Hall–Kier alpha value is -1.41. The van der Waals surface area contributed by atoms with Crippen LogP contribution in [-0.4, -0.2) is 45.4 Å². The zero-order valence-corrected chi connectivity index (χ0v) is 17.1. The fourth-order valence-electron chi connectivity index (χ4n) is 3.05. The summed E-state index contributed by atoms with van der Waals surface area (Å²) in [6.07, 6.45) is 0. The molecule has 1 N–H and O–H groups in total.